The third-order valence-corrected chi connectivity index (χ3v) is 6.82. The van der Waals surface area contributed by atoms with Crippen LogP contribution < -0.4 is 4.90 Å². The molecule has 0 bridgehead atoms. The minimum absolute atomic E-state index is 0.799. The van der Waals surface area contributed by atoms with E-state index in [-0.39, 0.29) is 0 Å². The fraction of sp³-hybridized carbons (Fsp3) is 0.444. The molecule has 3 aromatic rings. The Hall–Kier alpha value is -2.87. The van der Waals surface area contributed by atoms with Gasteiger partial charge in [0.2, 0.25) is 0 Å². The number of pyridine rings is 1. The molecular formula is C27H35N7. The van der Waals surface area contributed by atoms with Gasteiger partial charge >= 0.3 is 0 Å². The molecule has 4 heterocycles. The summed E-state index contributed by atoms with van der Waals surface area (Å²) in [5.74, 6) is 1.92. The average Bonchev–Trinajstić information content (AvgIpc) is 2.88. The largest absolute Gasteiger partial charge is 0.354 e. The fourth-order valence-electron chi connectivity index (χ4n) is 4.84. The molecule has 0 saturated carbocycles. The maximum absolute atomic E-state index is 5.14. The van der Waals surface area contributed by atoms with E-state index >= 15 is 0 Å². The first-order valence-electron chi connectivity index (χ1n) is 12.3. The molecule has 0 unspecified atom stereocenters. The third kappa shape index (κ3) is 5.43. The molecule has 0 aliphatic carbocycles. The molecule has 2 aromatic heterocycles. The van der Waals surface area contributed by atoms with E-state index in [4.69, 9.17) is 9.97 Å². The second-order valence-corrected chi connectivity index (χ2v) is 9.62. The first kappa shape index (κ1) is 22.9. The molecule has 1 fully saturated rings. The van der Waals surface area contributed by atoms with E-state index in [1.165, 1.54) is 16.8 Å². The molecule has 34 heavy (non-hydrogen) atoms. The van der Waals surface area contributed by atoms with Crippen LogP contribution in [-0.4, -0.2) is 89.6 Å². The monoisotopic (exact) mass is 457 g/mol. The molecule has 2 aliphatic heterocycles. The van der Waals surface area contributed by atoms with Gasteiger partial charge in [-0.05, 0) is 31.8 Å². The second kappa shape index (κ2) is 10.6. The van der Waals surface area contributed by atoms with Gasteiger partial charge in [-0.25, -0.2) is 9.97 Å². The Labute approximate surface area is 203 Å². The van der Waals surface area contributed by atoms with Crippen LogP contribution in [-0.2, 0) is 19.5 Å². The van der Waals surface area contributed by atoms with Crippen LogP contribution in [0.5, 0.6) is 0 Å². The first-order chi connectivity index (χ1) is 16.7. The zero-order valence-corrected chi connectivity index (χ0v) is 20.4. The predicted molar refractivity (Wildman–Crippen MR) is 137 cm³/mol. The van der Waals surface area contributed by atoms with Crippen molar-refractivity contribution in [3.8, 4) is 11.4 Å². The van der Waals surface area contributed by atoms with Gasteiger partial charge in [-0.1, -0.05) is 30.3 Å². The van der Waals surface area contributed by atoms with Gasteiger partial charge in [0.1, 0.15) is 5.82 Å². The van der Waals surface area contributed by atoms with Gasteiger partial charge in [0.25, 0.3) is 0 Å². The summed E-state index contributed by atoms with van der Waals surface area (Å²) in [7, 11) is 4.29. The van der Waals surface area contributed by atoms with Crippen LogP contribution in [0.15, 0.2) is 54.9 Å². The number of aromatic nitrogens is 3. The summed E-state index contributed by atoms with van der Waals surface area (Å²) >= 11 is 0. The minimum Gasteiger partial charge on any atom is -0.354 e. The molecule has 0 N–H and O–H groups in total. The van der Waals surface area contributed by atoms with E-state index in [0.717, 1.165) is 82.5 Å². The molecule has 1 aromatic carbocycles. The predicted octanol–water partition coefficient (Wildman–Crippen LogP) is 2.78. The molecular weight excluding hydrogens is 422 g/mol. The number of likely N-dealkylation sites (N-methyl/N-ethyl adjacent to an activating group) is 1. The molecule has 0 spiro atoms. The lowest BCUT2D eigenvalue weighted by molar-refractivity contribution is 0.226. The number of hydrogen-bond acceptors (Lipinski definition) is 7. The van der Waals surface area contributed by atoms with Crippen molar-refractivity contribution in [2.24, 2.45) is 0 Å². The van der Waals surface area contributed by atoms with Crippen LogP contribution in [0.3, 0.4) is 0 Å². The van der Waals surface area contributed by atoms with Crippen LogP contribution in [0.4, 0.5) is 5.82 Å². The molecule has 1 saturated heterocycles. The van der Waals surface area contributed by atoms with Crippen molar-refractivity contribution in [3.05, 3.63) is 71.7 Å². The summed E-state index contributed by atoms with van der Waals surface area (Å²) in [5.41, 5.74) is 4.84. The van der Waals surface area contributed by atoms with E-state index in [1.807, 2.05) is 12.3 Å². The quantitative estimate of drug-likeness (QED) is 0.541. The fourth-order valence-corrected chi connectivity index (χ4v) is 4.84. The Bertz CT molecular complexity index is 1060. The summed E-state index contributed by atoms with van der Waals surface area (Å²) in [6, 6.07) is 14.8. The van der Waals surface area contributed by atoms with Crippen LogP contribution in [0.2, 0.25) is 0 Å². The van der Waals surface area contributed by atoms with Crippen molar-refractivity contribution in [1.29, 1.82) is 0 Å². The summed E-state index contributed by atoms with van der Waals surface area (Å²) in [6.07, 6.45) is 4.63. The number of anilines is 1. The molecule has 0 atom stereocenters. The van der Waals surface area contributed by atoms with Crippen molar-refractivity contribution in [3.63, 3.8) is 0 Å². The Morgan fingerprint density at radius 1 is 0.882 bits per heavy atom. The highest BCUT2D eigenvalue weighted by molar-refractivity contribution is 5.60. The van der Waals surface area contributed by atoms with Crippen molar-refractivity contribution >= 4 is 5.82 Å². The molecule has 0 radical (unpaired) electrons. The van der Waals surface area contributed by atoms with Gasteiger partial charge in [-0.2, -0.15) is 0 Å². The van der Waals surface area contributed by atoms with E-state index < -0.39 is 0 Å². The Morgan fingerprint density at radius 3 is 2.44 bits per heavy atom. The van der Waals surface area contributed by atoms with Crippen molar-refractivity contribution < 1.29 is 0 Å². The molecule has 0 amide bonds. The number of piperazine rings is 1. The average molecular weight is 458 g/mol. The van der Waals surface area contributed by atoms with E-state index in [2.05, 4.69) is 75.1 Å². The third-order valence-electron chi connectivity index (χ3n) is 6.82. The summed E-state index contributed by atoms with van der Waals surface area (Å²) < 4.78 is 0. The Morgan fingerprint density at radius 2 is 1.71 bits per heavy atom. The summed E-state index contributed by atoms with van der Waals surface area (Å²) in [6.45, 7) is 9.24. The van der Waals surface area contributed by atoms with Crippen molar-refractivity contribution in [2.45, 2.75) is 19.5 Å². The highest BCUT2D eigenvalue weighted by atomic mass is 15.3. The van der Waals surface area contributed by atoms with Crippen molar-refractivity contribution in [1.82, 2.24) is 29.7 Å². The lowest BCUT2D eigenvalue weighted by Crippen LogP contribution is -2.49. The summed E-state index contributed by atoms with van der Waals surface area (Å²) in [5, 5.41) is 0. The molecule has 178 valence electrons. The first-order valence-corrected chi connectivity index (χ1v) is 12.3. The van der Waals surface area contributed by atoms with Gasteiger partial charge in [0, 0.05) is 88.8 Å². The number of rotatable bonds is 7. The Balaban J connectivity index is 1.40. The molecule has 7 heteroatoms. The zero-order chi connectivity index (χ0) is 23.3. The van der Waals surface area contributed by atoms with Gasteiger partial charge in [0.15, 0.2) is 5.82 Å². The lowest BCUT2D eigenvalue weighted by atomic mass is 10.0. The van der Waals surface area contributed by atoms with Gasteiger partial charge in [-0.3, -0.25) is 14.8 Å². The topological polar surface area (TPSA) is 51.6 Å². The van der Waals surface area contributed by atoms with E-state index in [9.17, 15) is 0 Å². The van der Waals surface area contributed by atoms with Crippen molar-refractivity contribution in [2.75, 3.05) is 64.8 Å². The second-order valence-electron chi connectivity index (χ2n) is 9.62. The van der Waals surface area contributed by atoms with E-state index in [1.54, 1.807) is 6.20 Å². The van der Waals surface area contributed by atoms with E-state index in [0.29, 0.717) is 0 Å². The lowest BCUT2D eigenvalue weighted by Gasteiger charge is -2.38. The molecule has 7 nitrogen and oxygen atoms in total. The SMILES string of the molecule is CN(C)CCN1CCN(c2nc(-c3cccnc3)nc3c2CN(Cc2ccccc2)CC3)CC1. The van der Waals surface area contributed by atoms with Crippen LogP contribution >= 0.6 is 0 Å². The summed E-state index contributed by atoms with van der Waals surface area (Å²) in [4.78, 5) is 24.3. The smallest absolute Gasteiger partial charge is 0.163 e. The standard InChI is InChI=1S/C27H35N7/c1-31(2)13-14-32-15-17-34(18-16-32)27-24-21-33(20-22-7-4-3-5-8-22)12-10-25(24)29-26(30-27)23-9-6-11-28-19-23/h3-9,11,19H,10,12-18,20-21H2,1-2H3. The van der Waals surface area contributed by atoms with Gasteiger partial charge in [0.05, 0.1) is 5.69 Å². The Kier molecular flexibility index (Phi) is 7.13. The zero-order valence-electron chi connectivity index (χ0n) is 20.4. The maximum Gasteiger partial charge on any atom is 0.163 e. The minimum atomic E-state index is 0.799. The number of hydrogen-bond donors (Lipinski definition) is 0. The van der Waals surface area contributed by atoms with Crippen LogP contribution in [0, 0.1) is 0 Å². The highest BCUT2D eigenvalue weighted by Crippen LogP contribution is 2.30. The number of fused-ring (bicyclic) bond motifs is 1. The van der Waals surface area contributed by atoms with Crippen LogP contribution in [0.1, 0.15) is 16.8 Å². The maximum atomic E-state index is 5.14. The highest BCUT2D eigenvalue weighted by Gasteiger charge is 2.27. The van der Waals surface area contributed by atoms with Gasteiger partial charge in [-0.15, -0.1) is 0 Å². The number of benzene rings is 1. The molecule has 2 aliphatic rings. The van der Waals surface area contributed by atoms with Crippen LogP contribution in [0.25, 0.3) is 11.4 Å². The molecule has 5 rings (SSSR count). The number of nitrogens with zero attached hydrogens (tertiary/aromatic N) is 7. The normalized spacial score (nSPS) is 17.2. The van der Waals surface area contributed by atoms with Gasteiger partial charge < -0.3 is 9.80 Å².